The summed E-state index contributed by atoms with van der Waals surface area (Å²) in [5.74, 6) is -0.543. The fourth-order valence-electron chi connectivity index (χ4n) is 2.13. The highest BCUT2D eigenvalue weighted by atomic mass is 16.2. The van der Waals surface area contributed by atoms with Crippen molar-refractivity contribution in [1.82, 2.24) is 20.9 Å². The van der Waals surface area contributed by atoms with E-state index >= 15 is 0 Å². The Hall–Kier alpha value is -2.41. The molecule has 3 N–H and O–H groups in total. The third-order valence-corrected chi connectivity index (χ3v) is 3.20. The number of rotatable bonds is 8. The van der Waals surface area contributed by atoms with E-state index < -0.39 is 0 Å². The van der Waals surface area contributed by atoms with Crippen LogP contribution in [-0.2, 0) is 16.1 Å². The molecule has 1 rings (SSSR count). The summed E-state index contributed by atoms with van der Waals surface area (Å²) < 4.78 is 0. The molecule has 7 nitrogen and oxygen atoms in total. The molecule has 1 aromatic rings. The molecule has 0 atom stereocenters. The predicted molar refractivity (Wildman–Crippen MR) is 92.5 cm³/mol. The van der Waals surface area contributed by atoms with Crippen molar-refractivity contribution in [2.24, 2.45) is 0 Å². The van der Waals surface area contributed by atoms with Gasteiger partial charge in [-0.3, -0.25) is 19.3 Å². The van der Waals surface area contributed by atoms with E-state index in [4.69, 9.17) is 0 Å². The Balaban J connectivity index is 2.39. The molecule has 0 unspecified atom stereocenters. The van der Waals surface area contributed by atoms with Gasteiger partial charge in [0, 0.05) is 25.2 Å². The summed E-state index contributed by atoms with van der Waals surface area (Å²) in [5.41, 5.74) is 1.59. The van der Waals surface area contributed by atoms with Gasteiger partial charge in [-0.1, -0.05) is 12.1 Å². The molecule has 1 aromatic carbocycles. The quantitative estimate of drug-likeness (QED) is 0.630. The highest BCUT2D eigenvalue weighted by molar-refractivity contribution is 5.93. The first kappa shape index (κ1) is 19.6. The maximum Gasteiger partial charge on any atom is 0.251 e. The topological polar surface area (TPSA) is 90.5 Å². The van der Waals surface area contributed by atoms with Crippen molar-refractivity contribution in [3.05, 3.63) is 35.4 Å². The zero-order chi connectivity index (χ0) is 18.1. The molecule has 0 saturated heterocycles. The van der Waals surface area contributed by atoms with Gasteiger partial charge in [-0.05, 0) is 38.6 Å². The van der Waals surface area contributed by atoms with Gasteiger partial charge in [-0.15, -0.1) is 0 Å². The molecular weight excluding hydrogens is 308 g/mol. The van der Waals surface area contributed by atoms with Gasteiger partial charge in [0.15, 0.2) is 0 Å². The van der Waals surface area contributed by atoms with E-state index in [1.807, 2.05) is 37.9 Å². The smallest absolute Gasteiger partial charge is 0.251 e. The Labute approximate surface area is 142 Å². The summed E-state index contributed by atoms with van der Waals surface area (Å²) in [5, 5.41) is 7.87. The van der Waals surface area contributed by atoms with E-state index in [1.54, 1.807) is 19.2 Å². The second kappa shape index (κ2) is 9.67. The van der Waals surface area contributed by atoms with E-state index in [9.17, 15) is 14.4 Å². The van der Waals surface area contributed by atoms with Crippen LogP contribution in [0.15, 0.2) is 24.3 Å². The summed E-state index contributed by atoms with van der Waals surface area (Å²) >= 11 is 0. The first-order chi connectivity index (χ1) is 11.3. The number of amides is 3. The summed E-state index contributed by atoms with van der Waals surface area (Å²) in [6, 6.07) is 7.26. The number of carbonyl (C=O) groups is 3. The minimum absolute atomic E-state index is 0.0221. The minimum Gasteiger partial charge on any atom is -0.355 e. The second-order valence-corrected chi connectivity index (χ2v) is 5.95. The normalized spacial score (nSPS) is 10.6. The molecule has 0 fully saturated rings. The van der Waals surface area contributed by atoms with Gasteiger partial charge in [-0.2, -0.15) is 0 Å². The Morgan fingerprint density at radius 1 is 1.08 bits per heavy atom. The lowest BCUT2D eigenvalue weighted by atomic mass is 10.1. The Kier molecular flexibility index (Phi) is 7.91. The zero-order valence-electron chi connectivity index (χ0n) is 14.7. The average molecular weight is 334 g/mol. The predicted octanol–water partition coefficient (Wildman–Crippen LogP) is 0.119. The zero-order valence-corrected chi connectivity index (χ0v) is 14.7. The fourth-order valence-corrected chi connectivity index (χ4v) is 2.13. The Bertz CT molecular complexity index is 570. The van der Waals surface area contributed by atoms with Crippen LogP contribution in [0.3, 0.4) is 0 Å². The van der Waals surface area contributed by atoms with Crippen LogP contribution in [0.1, 0.15) is 29.8 Å². The summed E-state index contributed by atoms with van der Waals surface area (Å²) in [6.45, 7) is 4.46. The maximum atomic E-state index is 11.8. The Morgan fingerprint density at radius 3 is 2.25 bits per heavy atom. The largest absolute Gasteiger partial charge is 0.355 e. The van der Waals surface area contributed by atoms with Crippen molar-refractivity contribution in [2.75, 3.05) is 27.2 Å². The number of nitrogens with zero attached hydrogens (tertiary/aromatic N) is 1. The average Bonchev–Trinajstić information content (AvgIpc) is 2.52. The molecule has 0 aliphatic heterocycles. The molecule has 132 valence electrons. The highest BCUT2D eigenvalue weighted by Gasteiger charge is 2.10. The first-order valence-electron chi connectivity index (χ1n) is 7.87. The number of nitrogens with one attached hydrogen (secondary N) is 3. The molecule has 0 saturated carbocycles. The van der Waals surface area contributed by atoms with Gasteiger partial charge in [0.05, 0.1) is 13.1 Å². The van der Waals surface area contributed by atoms with E-state index in [0.717, 1.165) is 5.56 Å². The molecule has 3 amide bonds. The molecule has 0 heterocycles. The molecule has 0 aromatic heterocycles. The number of carbonyl (C=O) groups excluding carboxylic acids is 3. The van der Waals surface area contributed by atoms with Crippen LogP contribution < -0.4 is 16.0 Å². The van der Waals surface area contributed by atoms with Crippen molar-refractivity contribution >= 4 is 17.7 Å². The summed E-state index contributed by atoms with van der Waals surface area (Å²) in [7, 11) is 3.41. The SMILES string of the molecule is CNC(=O)c1ccc(CN(C)CC(=O)NCC(=O)NC(C)C)cc1. The molecule has 0 aliphatic rings. The first-order valence-corrected chi connectivity index (χ1v) is 7.87. The van der Waals surface area contributed by atoms with E-state index in [0.29, 0.717) is 12.1 Å². The summed E-state index contributed by atoms with van der Waals surface area (Å²) in [6.07, 6.45) is 0. The van der Waals surface area contributed by atoms with Gasteiger partial charge in [-0.25, -0.2) is 0 Å². The fraction of sp³-hybridized carbons (Fsp3) is 0.471. The third-order valence-electron chi connectivity index (χ3n) is 3.20. The van der Waals surface area contributed by atoms with Gasteiger partial charge < -0.3 is 16.0 Å². The number of hydrogen-bond acceptors (Lipinski definition) is 4. The van der Waals surface area contributed by atoms with Crippen LogP contribution in [0, 0.1) is 0 Å². The second-order valence-electron chi connectivity index (χ2n) is 5.95. The third kappa shape index (κ3) is 7.23. The number of benzene rings is 1. The molecule has 7 heteroatoms. The standard InChI is InChI=1S/C17H26N4O3/c1-12(2)20-15(22)9-19-16(23)11-21(4)10-13-5-7-14(8-6-13)17(24)18-3/h5-8,12H,9-11H2,1-4H3,(H,18,24)(H,19,23)(H,20,22). The van der Waals surface area contributed by atoms with Crippen LogP contribution in [0.25, 0.3) is 0 Å². The van der Waals surface area contributed by atoms with Gasteiger partial charge >= 0.3 is 0 Å². The Morgan fingerprint density at radius 2 is 1.71 bits per heavy atom. The van der Waals surface area contributed by atoms with Crippen molar-refractivity contribution in [1.29, 1.82) is 0 Å². The lowest BCUT2D eigenvalue weighted by Gasteiger charge is -2.16. The van der Waals surface area contributed by atoms with Gasteiger partial charge in [0.2, 0.25) is 11.8 Å². The van der Waals surface area contributed by atoms with Crippen molar-refractivity contribution < 1.29 is 14.4 Å². The molecule has 0 spiro atoms. The van der Waals surface area contributed by atoms with Crippen LogP contribution in [-0.4, -0.2) is 55.8 Å². The van der Waals surface area contributed by atoms with Crippen molar-refractivity contribution in [3.8, 4) is 0 Å². The van der Waals surface area contributed by atoms with Crippen LogP contribution in [0.5, 0.6) is 0 Å². The van der Waals surface area contributed by atoms with Crippen LogP contribution in [0.4, 0.5) is 0 Å². The maximum absolute atomic E-state index is 11.8. The lowest BCUT2D eigenvalue weighted by molar-refractivity contribution is -0.126. The highest BCUT2D eigenvalue weighted by Crippen LogP contribution is 2.06. The molecule has 0 radical (unpaired) electrons. The molecular formula is C17H26N4O3. The van der Waals surface area contributed by atoms with E-state index in [1.165, 1.54) is 0 Å². The molecule has 0 bridgehead atoms. The van der Waals surface area contributed by atoms with Crippen molar-refractivity contribution in [3.63, 3.8) is 0 Å². The van der Waals surface area contributed by atoms with Crippen LogP contribution in [0.2, 0.25) is 0 Å². The monoisotopic (exact) mass is 334 g/mol. The van der Waals surface area contributed by atoms with Crippen LogP contribution >= 0.6 is 0 Å². The number of hydrogen-bond donors (Lipinski definition) is 3. The molecule has 0 aliphatic carbocycles. The summed E-state index contributed by atoms with van der Waals surface area (Å²) in [4.78, 5) is 36.6. The van der Waals surface area contributed by atoms with Gasteiger partial charge in [0.1, 0.15) is 0 Å². The molecule has 24 heavy (non-hydrogen) atoms. The van der Waals surface area contributed by atoms with E-state index in [-0.39, 0.29) is 36.9 Å². The van der Waals surface area contributed by atoms with Gasteiger partial charge in [0.25, 0.3) is 5.91 Å². The van der Waals surface area contributed by atoms with E-state index in [2.05, 4.69) is 16.0 Å². The minimum atomic E-state index is -0.210. The number of likely N-dealkylation sites (N-methyl/N-ethyl adjacent to an activating group) is 1. The van der Waals surface area contributed by atoms with Crippen molar-refractivity contribution in [2.45, 2.75) is 26.4 Å². The lowest BCUT2D eigenvalue weighted by Crippen LogP contribution is -2.42.